The number of hydrogen-bond acceptors (Lipinski definition) is 4. The van der Waals surface area contributed by atoms with Crippen LogP contribution in [0.1, 0.15) is 38.3 Å². The number of amides is 1. The zero-order valence-electron chi connectivity index (χ0n) is 16.4. The van der Waals surface area contributed by atoms with Crippen LogP contribution in [0.5, 0.6) is 0 Å². The third-order valence-corrected chi connectivity index (χ3v) is 8.73. The van der Waals surface area contributed by atoms with Crippen LogP contribution in [0.3, 0.4) is 0 Å². The molecule has 0 atom stereocenters. The number of nitrogens with one attached hydrogen (secondary N) is 1. The van der Waals surface area contributed by atoms with Gasteiger partial charge in [-0.05, 0) is 84.2 Å². The average molecular weight is 439 g/mol. The van der Waals surface area contributed by atoms with Crippen LogP contribution in [-0.4, -0.2) is 25.2 Å². The Morgan fingerprint density at radius 3 is 2.73 bits per heavy atom. The molecule has 1 amide bonds. The van der Waals surface area contributed by atoms with E-state index < -0.39 is 10.0 Å². The highest BCUT2D eigenvalue weighted by atomic mass is 32.2. The minimum atomic E-state index is -3.66. The Morgan fingerprint density at radius 2 is 1.83 bits per heavy atom. The van der Waals surface area contributed by atoms with Crippen LogP contribution in [0.25, 0.3) is 0 Å². The lowest BCUT2D eigenvalue weighted by Crippen LogP contribution is -2.35. The van der Waals surface area contributed by atoms with E-state index in [9.17, 15) is 13.2 Å². The van der Waals surface area contributed by atoms with Gasteiger partial charge in [-0.1, -0.05) is 12.1 Å². The summed E-state index contributed by atoms with van der Waals surface area (Å²) < 4.78 is 27.9. The molecule has 1 aromatic heterocycles. The molecule has 0 saturated carbocycles. The molecule has 1 aliphatic carbocycles. The molecule has 5 rings (SSSR count). The maximum Gasteiger partial charge on any atom is 0.255 e. The van der Waals surface area contributed by atoms with Gasteiger partial charge in [0, 0.05) is 29.2 Å². The number of nitrogens with zero attached hydrogens (tertiary/aromatic N) is 1. The van der Waals surface area contributed by atoms with Crippen molar-refractivity contribution in [2.45, 2.75) is 37.1 Å². The molecule has 0 unspecified atom stereocenters. The molecule has 1 aliphatic heterocycles. The van der Waals surface area contributed by atoms with Crippen molar-refractivity contribution >= 4 is 33.0 Å². The van der Waals surface area contributed by atoms with Crippen LogP contribution < -0.4 is 5.32 Å². The third kappa shape index (κ3) is 3.57. The molecule has 0 spiro atoms. The number of aryl methyl sites for hydroxylation is 2. The third-order valence-electron chi connectivity index (χ3n) is 5.86. The average Bonchev–Trinajstić information content (AvgIpc) is 3.42. The number of carbonyl (C=O) groups excluding carboxylic acids is 1. The van der Waals surface area contributed by atoms with Crippen LogP contribution in [0.2, 0.25) is 0 Å². The summed E-state index contributed by atoms with van der Waals surface area (Å²) in [5.74, 6) is -0.302. The van der Waals surface area contributed by atoms with E-state index in [2.05, 4.69) is 11.4 Å². The molecule has 2 aromatic carbocycles. The van der Waals surface area contributed by atoms with Gasteiger partial charge in [0.25, 0.3) is 5.91 Å². The SMILES string of the molecule is O=C(Nc1ccc2c(c1)CCC2)c1cccc(S(=O)(=O)N2CCc3sccc3C2)c1. The van der Waals surface area contributed by atoms with Gasteiger partial charge in [-0.3, -0.25) is 4.79 Å². The number of anilines is 1. The van der Waals surface area contributed by atoms with Gasteiger partial charge in [0.05, 0.1) is 4.90 Å². The Labute approximate surface area is 180 Å². The van der Waals surface area contributed by atoms with Gasteiger partial charge in [-0.2, -0.15) is 4.31 Å². The second-order valence-corrected chi connectivity index (χ2v) is 10.7. The largest absolute Gasteiger partial charge is 0.322 e. The maximum absolute atomic E-state index is 13.2. The fourth-order valence-electron chi connectivity index (χ4n) is 4.23. The molecule has 2 heterocycles. The van der Waals surface area contributed by atoms with Gasteiger partial charge >= 0.3 is 0 Å². The first-order chi connectivity index (χ1) is 14.5. The summed E-state index contributed by atoms with van der Waals surface area (Å²) in [6, 6.07) is 14.3. The number of carbonyl (C=O) groups is 1. The van der Waals surface area contributed by atoms with E-state index >= 15 is 0 Å². The molecule has 5 nitrogen and oxygen atoms in total. The number of rotatable bonds is 4. The lowest BCUT2D eigenvalue weighted by Gasteiger charge is -2.26. The summed E-state index contributed by atoms with van der Waals surface area (Å²) in [7, 11) is -3.66. The maximum atomic E-state index is 13.2. The summed E-state index contributed by atoms with van der Waals surface area (Å²) in [4.78, 5) is 14.2. The molecule has 30 heavy (non-hydrogen) atoms. The van der Waals surface area contributed by atoms with E-state index in [-0.39, 0.29) is 10.8 Å². The number of hydrogen-bond donors (Lipinski definition) is 1. The minimum absolute atomic E-state index is 0.155. The predicted octanol–water partition coefficient (Wildman–Crippen LogP) is 4.24. The van der Waals surface area contributed by atoms with E-state index in [0.717, 1.165) is 36.9 Å². The van der Waals surface area contributed by atoms with Gasteiger partial charge in [0.15, 0.2) is 0 Å². The Balaban J connectivity index is 1.36. The first-order valence-electron chi connectivity index (χ1n) is 10.1. The Kier molecular flexibility index (Phi) is 4.97. The highest BCUT2D eigenvalue weighted by Gasteiger charge is 2.29. The van der Waals surface area contributed by atoms with Crippen LogP contribution in [0.4, 0.5) is 5.69 Å². The summed E-state index contributed by atoms with van der Waals surface area (Å²) in [5, 5.41) is 4.91. The summed E-state index contributed by atoms with van der Waals surface area (Å²) in [5.41, 5.74) is 4.78. The van der Waals surface area contributed by atoms with E-state index in [0.29, 0.717) is 18.7 Å². The number of fused-ring (bicyclic) bond motifs is 2. The van der Waals surface area contributed by atoms with E-state index in [1.54, 1.807) is 29.5 Å². The highest BCUT2D eigenvalue weighted by molar-refractivity contribution is 7.89. The van der Waals surface area contributed by atoms with E-state index in [1.807, 2.05) is 23.6 Å². The zero-order chi connectivity index (χ0) is 20.7. The molecule has 0 bridgehead atoms. The minimum Gasteiger partial charge on any atom is -0.322 e. The van der Waals surface area contributed by atoms with Crippen molar-refractivity contribution < 1.29 is 13.2 Å². The molecule has 0 radical (unpaired) electrons. The van der Waals surface area contributed by atoms with Crippen molar-refractivity contribution in [3.05, 3.63) is 81.0 Å². The molecular formula is C23H22N2O3S2. The normalized spacial score (nSPS) is 16.1. The fraction of sp³-hybridized carbons (Fsp3) is 0.261. The molecular weight excluding hydrogens is 416 g/mol. The van der Waals surface area contributed by atoms with Crippen LogP contribution >= 0.6 is 11.3 Å². The number of sulfonamides is 1. The van der Waals surface area contributed by atoms with Gasteiger partial charge in [-0.25, -0.2) is 8.42 Å². The van der Waals surface area contributed by atoms with Gasteiger partial charge in [0.2, 0.25) is 10.0 Å². The first-order valence-corrected chi connectivity index (χ1v) is 12.4. The van der Waals surface area contributed by atoms with Gasteiger partial charge < -0.3 is 5.32 Å². The predicted molar refractivity (Wildman–Crippen MR) is 118 cm³/mol. The summed E-state index contributed by atoms with van der Waals surface area (Å²) >= 11 is 1.67. The molecule has 7 heteroatoms. The highest BCUT2D eigenvalue weighted by Crippen LogP contribution is 2.29. The quantitative estimate of drug-likeness (QED) is 0.663. The van der Waals surface area contributed by atoms with Crippen molar-refractivity contribution in [2.24, 2.45) is 0 Å². The second kappa shape index (κ2) is 7.65. The number of benzene rings is 2. The summed E-state index contributed by atoms with van der Waals surface area (Å²) in [6.45, 7) is 0.841. The zero-order valence-corrected chi connectivity index (χ0v) is 18.1. The van der Waals surface area contributed by atoms with Crippen molar-refractivity contribution in [1.29, 1.82) is 0 Å². The van der Waals surface area contributed by atoms with Crippen LogP contribution in [0.15, 0.2) is 58.8 Å². The van der Waals surface area contributed by atoms with Crippen LogP contribution in [0, 0.1) is 0 Å². The lowest BCUT2D eigenvalue weighted by molar-refractivity contribution is 0.102. The van der Waals surface area contributed by atoms with Crippen molar-refractivity contribution in [1.82, 2.24) is 4.31 Å². The molecule has 0 saturated heterocycles. The van der Waals surface area contributed by atoms with Crippen molar-refractivity contribution in [3.8, 4) is 0 Å². The molecule has 154 valence electrons. The van der Waals surface area contributed by atoms with E-state index in [1.165, 1.54) is 26.4 Å². The van der Waals surface area contributed by atoms with Gasteiger partial charge in [-0.15, -0.1) is 11.3 Å². The smallest absolute Gasteiger partial charge is 0.255 e. The second-order valence-electron chi connectivity index (χ2n) is 7.78. The standard InChI is InChI=1S/C23H22N2O3S2/c26-23(24-20-8-7-16-3-1-4-17(16)13-20)18-5-2-6-21(14-18)30(27,28)25-11-9-22-19(15-25)10-12-29-22/h2,5-8,10,12-14H,1,3-4,9,11,15H2,(H,24,26). The lowest BCUT2D eigenvalue weighted by atomic mass is 10.1. The Bertz CT molecular complexity index is 1230. The Morgan fingerprint density at radius 1 is 0.967 bits per heavy atom. The van der Waals surface area contributed by atoms with Crippen molar-refractivity contribution in [2.75, 3.05) is 11.9 Å². The van der Waals surface area contributed by atoms with E-state index in [4.69, 9.17) is 0 Å². The van der Waals surface area contributed by atoms with Crippen molar-refractivity contribution in [3.63, 3.8) is 0 Å². The van der Waals surface area contributed by atoms with Crippen LogP contribution in [-0.2, 0) is 35.8 Å². The number of thiophene rings is 1. The summed E-state index contributed by atoms with van der Waals surface area (Å²) in [6.07, 6.45) is 4.00. The molecule has 0 fully saturated rings. The topological polar surface area (TPSA) is 66.5 Å². The Hall–Kier alpha value is -2.48. The molecule has 3 aromatic rings. The first kappa shape index (κ1) is 19.5. The monoisotopic (exact) mass is 438 g/mol. The molecule has 2 aliphatic rings. The molecule has 1 N–H and O–H groups in total. The van der Waals surface area contributed by atoms with Gasteiger partial charge in [0.1, 0.15) is 0 Å². The fourth-order valence-corrected chi connectivity index (χ4v) is 6.58.